The first-order valence-corrected chi connectivity index (χ1v) is 4.56. The summed E-state index contributed by atoms with van der Waals surface area (Å²) in [5.74, 6) is 0. The fourth-order valence-electron chi connectivity index (χ4n) is 1.10. The molecular weight excluding hydrogens is 148 g/mol. The van der Waals surface area contributed by atoms with E-state index in [1.807, 2.05) is 6.92 Å². The second-order valence-electron chi connectivity index (χ2n) is 4.56. The van der Waals surface area contributed by atoms with Gasteiger partial charge in [-0.15, -0.1) is 0 Å². The van der Waals surface area contributed by atoms with Crippen molar-refractivity contribution < 1.29 is 4.79 Å². The molecule has 0 heterocycles. The molecule has 1 nitrogen and oxygen atoms in total. The van der Waals surface area contributed by atoms with Gasteiger partial charge in [0.1, 0.15) is 6.29 Å². The Labute approximate surface area is 75.9 Å². The molecule has 0 saturated carbocycles. The lowest BCUT2D eigenvalue weighted by atomic mass is 9.89. The summed E-state index contributed by atoms with van der Waals surface area (Å²) in [6.45, 7) is 8.74. The van der Waals surface area contributed by atoms with E-state index in [0.29, 0.717) is 5.41 Å². The average Bonchev–Trinajstić information content (AvgIpc) is 1.84. The molecule has 1 heteroatoms. The molecular formula is C11H20O. The molecule has 0 N–H and O–H groups in total. The highest BCUT2D eigenvalue weighted by atomic mass is 16.1. The number of hydrogen-bond acceptors (Lipinski definition) is 1. The van der Waals surface area contributed by atoms with Crippen LogP contribution in [0.25, 0.3) is 0 Å². The number of aldehydes is 1. The normalized spacial score (nSPS) is 13.2. The van der Waals surface area contributed by atoms with Gasteiger partial charge in [0, 0.05) is 0 Å². The Kier molecular flexibility index (Phi) is 4.87. The first-order chi connectivity index (χ1) is 5.45. The van der Waals surface area contributed by atoms with Crippen LogP contribution in [0, 0.1) is 5.41 Å². The van der Waals surface area contributed by atoms with Crippen molar-refractivity contribution >= 4 is 6.29 Å². The van der Waals surface area contributed by atoms with Crippen molar-refractivity contribution in [3.05, 3.63) is 11.6 Å². The predicted octanol–water partition coefficient (Wildman–Crippen LogP) is 3.35. The van der Waals surface area contributed by atoms with E-state index >= 15 is 0 Å². The molecule has 0 saturated heterocycles. The predicted molar refractivity (Wildman–Crippen MR) is 53.1 cm³/mol. The van der Waals surface area contributed by atoms with Gasteiger partial charge in [0.05, 0.1) is 0 Å². The van der Waals surface area contributed by atoms with E-state index in [1.54, 1.807) is 6.08 Å². The summed E-state index contributed by atoms with van der Waals surface area (Å²) in [5.41, 5.74) is 1.61. The van der Waals surface area contributed by atoms with E-state index in [0.717, 1.165) is 12.7 Å². The lowest BCUT2D eigenvalue weighted by molar-refractivity contribution is -0.104. The zero-order chi connectivity index (χ0) is 9.61. The molecule has 0 aliphatic carbocycles. The molecule has 0 aromatic rings. The van der Waals surface area contributed by atoms with E-state index in [9.17, 15) is 4.79 Å². The molecule has 0 aliphatic rings. The van der Waals surface area contributed by atoms with Crippen LogP contribution in [0.2, 0.25) is 0 Å². The Bertz CT molecular complexity index is 160. The quantitative estimate of drug-likeness (QED) is 0.464. The van der Waals surface area contributed by atoms with Gasteiger partial charge in [0.15, 0.2) is 0 Å². The fraction of sp³-hybridized carbons (Fsp3) is 0.727. The summed E-state index contributed by atoms with van der Waals surface area (Å²) in [7, 11) is 0. The van der Waals surface area contributed by atoms with Crippen LogP contribution in [0.3, 0.4) is 0 Å². The lowest BCUT2D eigenvalue weighted by Crippen LogP contribution is -2.04. The zero-order valence-corrected chi connectivity index (χ0v) is 8.68. The van der Waals surface area contributed by atoms with Crippen molar-refractivity contribution in [3.63, 3.8) is 0 Å². The first kappa shape index (κ1) is 11.4. The minimum atomic E-state index is 0.418. The van der Waals surface area contributed by atoms with Gasteiger partial charge in [-0.1, -0.05) is 26.3 Å². The van der Waals surface area contributed by atoms with Gasteiger partial charge in [0.2, 0.25) is 0 Å². The van der Waals surface area contributed by atoms with E-state index in [4.69, 9.17) is 0 Å². The molecule has 12 heavy (non-hydrogen) atoms. The summed E-state index contributed by atoms with van der Waals surface area (Å²) in [4.78, 5) is 10.1. The van der Waals surface area contributed by atoms with Crippen LogP contribution in [0.5, 0.6) is 0 Å². The molecule has 70 valence electrons. The molecule has 0 atom stereocenters. The molecule has 0 aliphatic heterocycles. The number of carbonyl (C=O) groups is 1. The van der Waals surface area contributed by atoms with Gasteiger partial charge in [-0.25, -0.2) is 0 Å². The third kappa shape index (κ3) is 7.52. The first-order valence-electron chi connectivity index (χ1n) is 4.56. The Morgan fingerprint density at radius 1 is 1.33 bits per heavy atom. The van der Waals surface area contributed by atoms with Gasteiger partial charge in [-0.05, 0) is 37.7 Å². The van der Waals surface area contributed by atoms with Crippen LogP contribution >= 0.6 is 0 Å². The van der Waals surface area contributed by atoms with Gasteiger partial charge in [-0.2, -0.15) is 0 Å². The number of rotatable bonds is 4. The van der Waals surface area contributed by atoms with E-state index in [-0.39, 0.29) is 0 Å². The Morgan fingerprint density at radius 3 is 2.33 bits per heavy atom. The molecule has 0 aromatic carbocycles. The van der Waals surface area contributed by atoms with E-state index in [2.05, 4.69) is 20.8 Å². The smallest absolute Gasteiger partial charge is 0.142 e. The second kappa shape index (κ2) is 5.13. The topological polar surface area (TPSA) is 17.1 Å². The molecule has 0 bridgehead atoms. The van der Waals surface area contributed by atoms with Gasteiger partial charge in [0.25, 0.3) is 0 Å². The third-order valence-electron chi connectivity index (χ3n) is 1.85. The zero-order valence-electron chi connectivity index (χ0n) is 8.68. The highest BCUT2D eigenvalue weighted by Crippen LogP contribution is 2.22. The largest absolute Gasteiger partial charge is 0.299 e. The SMILES string of the molecule is CC(=CC=O)CCCC(C)(C)C. The Morgan fingerprint density at radius 2 is 1.92 bits per heavy atom. The van der Waals surface area contributed by atoms with Crippen molar-refractivity contribution in [2.75, 3.05) is 0 Å². The fourth-order valence-corrected chi connectivity index (χ4v) is 1.10. The van der Waals surface area contributed by atoms with Crippen molar-refractivity contribution in [2.45, 2.75) is 47.0 Å². The van der Waals surface area contributed by atoms with Crippen molar-refractivity contribution in [3.8, 4) is 0 Å². The van der Waals surface area contributed by atoms with E-state index < -0.39 is 0 Å². The molecule has 0 rings (SSSR count). The summed E-state index contributed by atoms with van der Waals surface area (Å²) in [6.07, 6.45) is 5.97. The highest BCUT2D eigenvalue weighted by molar-refractivity contribution is 5.65. The minimum Gasteiger partial charge on any atom is -0.299 e. The highest BCUT2D eigenvalue weighted by Gasteiger charge is 2.08. The third-order valence-corrected chi connectivity index (χ3v) is 1.85. The minimum absolute atomic E-state index is 0.418. The molecule has 0 amide bonds. The van der Waals surface area contributed by atoms with Crippen molar-refractivity contribution in [2.24, 2.45) is 5.41 Å². The maximum atomic E-state index is 10.1. The maximum absolute atomic E-state index is 10.1. The van der Waals surface area contributed by atoms with Crippen LogP contribution < -0.4 is 0 Å². The molecule has 0 radical (unpaired) electrons. The summed E-state index contributed by atoms with van der Waals surface area (Å²) >= 11 is 0. The summed E-state index contributed by atoms with van der Waals surface area (Å²) in [6, 6.07) is 0. The van der Waals surface area contributed by atoms with Gasteiger partial charge in [-0.3, -0.25) is 4.79 Å². The number of hydrogen-bond donors (Lipinski definition) is 0. The summed E-state index contributed by atoms with van der Waals surface area (Å²) in [5, 5.41) is 0. The Balaban J connectivity index is 3.57. The molecule has 0 unspecified atom stereocenters. The summed E-state index contributed by atoms with van der Waals surface area (Å²) < 4.78 is 0. The number of allylic oxidation sites excluding steroid dienone is 2. The second-order valence-corrected chi connectivity index (χ2v) is 4.56. The number of carbonyl (C=O) groups excluding carboxylic acids is 1. The average molecular weight is 168 g/mol. The lowest BCUT2D eigenvalue weighted by Gasteiger charge is -2.17. The van der Waals surface area contributed by atoms with Crippen LogP contribution in [0.4, 0.5) is 0 Å². The maximum Gasteiger partial charge on any atom is 0.142 e. The van der Waals surface area contributed by atoms with Crippen molar-refractivity contribution in [1.82, 2.24) is 0 Å². The van der Waals surface area contributed by atoms with Crippen LogP contribution in [0.1, 0.15) is 47.0 Å². The molecule has 0 spiro atoms. The Hall–Kier alpha value is -0.590. The molecule has 0 fully saturated rings. The van der Waals surface area contributed by atoms with E-state index in [1.165, 1.54) is 18.4 Å². The van der Waals surface area contributed by atoms with Crippen LogP contribution in [0.15, 0.2) is 11.6 Å². The van der Waals surface area contributed by atoms with Crippen LogP contribution in [-0.4, -0.2) is 6.29 Å². The van der Waals surface area contributed by atoms with Crippen molar-refractivity contribution in [1.29, 1.82) is 0 Å². The monoisotopic (exact) mass is 168 g/mol. The van der Waals surface area contributed by atoms with Crippen LogP contribution in [-0.2, 0) is 4.79 Å². The van der Waals surface area contributed by atoms with Gasteiger partial charge >= 0.3 is 0 Å². The van der Waals surface area contributed by atoms with Gasteiger partial charge < -0.3 is 0 Å². The standard InChI is InChI=1S/C11H20O/c1-10(7-9-12)6-5-8-11(2,3)4/h7,9H,5-6,8H2,1-4H3. The molecule has 0 aromatic heterocycles.